The van der Waals surface area contributed by atoms with Crippen LogP contribution in [0.4, 0.5) is 5.13 Å². The molecule has 0 aliphatic carbocycles. The molecule has 0 saturated heterocycles. The maximum absolute atomic E-state index is 12.5. The van der Waals surface area contributed by atoms with Crippen molar-refractivity contribution in [2.45, 2.75) is 18.6 Å². The number of thiazole rings is 1. The number of nitrogens with zero attached hydrogens (tertiary/aromatic N) is 3. The van der Waals surface area contributed by atoms with Gasteiger partial charge < -0.3 is 15.2 Å². The summed E-state index contributed by atoms with van der Waals surface area (Å²) in [6, 6.07) is 10.1. The van der Waals surface area contributed by atoms with Crippen molar-refractivity contribution in [2.75, 3.05) is 17.7 Å². The van der Waals surface area contributed by atoms with Gasteiger partial charge in [0.2, 0.25) is 11.8 Å². The van der Waals surface area contributed by atoms with Crippen molar-refractivity contribution in [2.24, 2.45) is 0 Å². The van der Waals surface area contributed by atoms with Crippen LogP contribution in [0.1, 0.15) is 16.6 Å². The highest BCUT2D eigenvalue weighted by Crippen LogP contribution is 2.32. The third-order valence-corrected chi connectivity index (χ3v) is 5.91. The van der Waals surface area contributed by atoms with Crippen LogP contribution in [0.25, 0.3) is 11.3 Å². The lowest BCUT2D eigenvalue weighted by atomic mass is 10.1. The van der Waals surface area contributed by atoms with Gasteiger partial charge in [-0.3, -0.25) is 14.2 Å². The molecule has 0 aliphatic heterocycles. The fourth-order valence-electron chi connectivity index (χ4n) is 2.67. The van der Waals surface area contributed by atoms with Crippen LogP contribution in [0.3, 0.4) is 0 Å². The van der Waals surface area contributed by atoms with Crippen LogP contribution in [-0.4, -0.2) is 43.9 Å². The molecule has 0 radical (unpaired) electrons. The maximum atomic E-state index is 12.5. The number of aromatic hydroxyl groups is 1. The van der Waals surface area contributed by atoms with E-state index in [4.69, 9.17) is 4.74 Å². The van der Waals surface area contributed by atoms with Crippen LogP contribution in [0.2, 0.25) is 0 Å². The van der Waals surface area contributed by atoms with E-state index in [1.165, 1.54) is 10.6 Å². The quantitative estimate of drug-likeness (QED) is 0.211. The summed E-state index contributed by atoms with van der Waals surface area (Å²) < 4.78 is 6.41. The predicted octanol–water partition coefficient (Wildman–Crippen LogP) is 3.17. The number of benzene rings is 1. The summed E-state index contributed by atoms with van der Waals surface area (Å²) >= 11 is 2.00. The zero-order valence-corrected chi connectivity index (χ0v) is 18.7. The molecular formula is C21H20N4O5S2. The summed E-state index contributed by atoms with van der Waals surface area (Å²) in [5.41, 5.74) is 0.692. The van der Waals surface area contributed by atoms with E-state index in [0.29, 0.717) is 5.69 Å². The number of rotatable bonds is 9. The van der Waals surface area contributed by atoms with E-state index < -0.39 is 23.3 Å². The Kier molecular flexibility index (Phi) is 7.79. The molecule has 0 spiro atoms. The molecule has 0 aliphatic rings. The molecule has 11 heteroatoms. The molecule has 3 aromatic rings. The predicted molar refractivity (Wildman–Crippen MR) is 123 cm³/mol. The molecule has 0 bridgehead atoms. The molecular weight excluding hydrogens is 452 g/mol. The minimum atomic E-state index is -0.517. The highest BCUT2D eigenvalue weighted by atomic mass is 32.2. The molecule has 1 amide bonds. The van der Waals surface area contributed by atoms with E-state index in [0.717, 1.165) is 34.7 Å². The number of hydrogen-bond donors (Lipinski definition) is 2. The van der Waals surface area contributed by atoms with Crippen LogP contribution in [0.5, 0.6) is 5.88 Å². The van der Waals surface area contributed by atoms with Crippen LogP contribution in [0.15, 0.2) is 59.0 Å². The number of amides is 1. The first-order chi connectivity index (χ1) is 15.4. The van der Waals surface area contributed by atoms with Gasteiger partial charge in [0.1, 0.15) is 4.88 Å². The number of nitrogens with one attached hydrogen (secondary N) is 1. The van der Waals surface area contributed by atoms with E-state index >= 15 is 0 Å². The highest BCUT2D eigenvalue weighted by Gasteiger charge is 2.21. The lowest BCUT2D eigenvalue weighted by Crippen LogP contribution is -2.22. The average Bonchev–Trinajstić information content (AvgIpc) is 3.19. The highest BCUT2D eigenvalue weighted by molar-refractivity contribution is 7.99. The number of thioether (sulfide) groups is 1. The maximum Gasteiger partial charge on any atom is 0.350 e. The first-order valence-corrected chi connectivity index (χ1v) is 11.3. The Bertz CT molecular complexity index is 1190. The Morgan fingerprint density at radius 3 is 2.75 bits per heavy atom. The molecule has 0 atom stereocenters. The molecule has 9 nitrogen and oxygen atoms in total. The monoisotopic (exact) mass is 472 g/mol. The number of allylic oxidation sites excluding steroid dienone is 1. The van der Waals surface area contributed by atoms with Gasteiger partial charge in [0.05, 0.1) is 24.1 Å². The number of esters is 1. The summed E-state index contributed by atoms with van der Waals surface area (Å²) in [5, 5.41) is 12.7. The summed E-state index contributed by atoms with van der Waals surface area (Å²) in [5.74, 6) is -1.45. The number of carbonyl (C=O) groups excluding carboxylic acids is 2. The third-order valence-electron chi connectivity index (χ3n) is 3.99. The molecule has 0 fully saturated rings. The molecule has 166 valence electrons. The van der Waals surface area contributed by atoms with E-state index in [1.807, 2.05) is 30.3 Å². The van der Waals surface area contributed by atoms with Crippen molar-refractivity contribution in [3.63, 3.8) is 0 Å². The van der Waals surface area contributed by atoms with Crippen molar-refractivity contribution < 1.29 is 19.4 Å². The van der Waals surface area contributed by atoms with E-state index in [1.54, 1.807) is 6.92 Å². The van der Waals surface area contributed by atoms with Gasteiger partial charge >= 0.3 is 5.97 Å². The second-order valence-corrected chi connectivity index (χ2v) is 8.20. The van der Waals surface area contributed by atoms with E-state index in [2.05, 4.69) is 21.9 Å². The van der Waals surface area contributed by atoms with Gasteiger partial charge in [-0.15, -0.1) is 6.58 Å². The Labute approximate surface area is 191 Å². The van der Waals surface area contributed by atoms with Crippen molar-refractivity contribution in [3.05, 3.63) is 64.3 Å². The summed E-state index contributed by atoms with van der Waals surface area (Å²) in [4.78, 5) is 45.5. The first kappa shape index (κ1) is 23.2. The van der Waals surface area contributed by atoms with Gasteiger partial charge in [0, 0.05) is 12.1 Å². The molecule has 0 unspecified atom stereocenters. The van der Waals surface area contributed by atoms with Gasteiger partial charge in [-0.2, -0.15) is 4.98 Å². The zero-order valence-electron chi connectivity index (χ0n) is 17.1. The van der Waals surface area contributed by atoms with Crippen LogP contribution >= 0.6 is 23.1 Å². The summed E-state index contributed by atoms with van der Waals surface area (Å²) in [6.07, 6.45) is 1.52. The topological polar surface area (TPSA) is 123 Å². The van der Waals surface area contributed by atoms with E-state index in [9.17, 15) is 19.5 Å². The number of anilines is 1. The normalized spacial score (nSPS) is 10.5. The molecule has 2 N–H and O–H groups in total. The first-order valence-electron chi connectivity index (χ1n) is 9.50. The standard InChI is InChI=1S/C21H20N4O5S2/c1-3-10-25-16(28)11-14(26)23-21(25)31-12-15(27)22-20-24-17(13-8-6-5-7-9-13)18(32-20)19(29)30-4-2/h3,5-9,11,26H,1,4,10,12H2,2H3,(H,22,24,27). The minimum Gasteiger partial charge on any atom is -0.493 e. The molecule has 0 saturated carbocycles. The fraction of sp³-hybridized carbons (Fsp3) is 0.190. The SMILES string of the molecule is C=CCn1c(SCC(=O)Nc2nc(-c3ccccc3)c(C(=O)OCC)s2)nc(O)cc1=O. The molecule has 1 aromatic carbocycles. The Morgan fingerprint density at radius 1 is 1.31 bits per heavy atom. The zero-order chi connectivity index (χ0) is 23.1. The summed E-state index contributed by atoms with van der Waals surface area (Å²) in [6.45, 7) is 5.70. The fourth-order valence-corrected chi connectivity index (χ4v) is 4.37. The number of aromatic nitrogens is 3. The van der Waals surface area contributed by atoms with Crippen LogP contribution in [0, 0.1) is 0 Å². The number of hydrogen-bond acceptors (Lipinski definition) is 9. The minimum absolute atomic E-state index is 0.0952. The molecule has 2 heterocycles. The molecule has 2 aromatic heterocycles. The Hall–Kier alpha value is -3.44. The second kappa shape index (κ2) is 10.7. The number of carbonyl (C=O) groups is 2. The van der Waals surface area contributed by atoms with E-state index in [-0.39, 0.29) is 34.1 Å². The lowest BCUT2D eigenvalue weighted by Gasteiger charge is -2.09. The second-order valence-electron chi connectivity index (χ2n) is 6.25. The lowest BCUT2D eigenvalue weighted by molar-refractivity contribution is -0.113. The smallest absolute Gasteiger partial charge is 0.350 e. The van der Waals surface area contributed by atoms with Crippen LogP contribution < -0.4 is 10.9 Å². The Balaban J connectivity index is 1.78. The van der Waals surface area contributed by atoms with Gasteiger partial charge in [-0.25, -0.2) is 9.78 Å². The van der Waals surface area contributed by atoms with Gasteiger partial charge in [-0.05, 0) is 6.92 Å². The van der Waals surface area contributed by atoms with Gasteiger partial charge in [0.15, 0.2) is 10.3 Å². The van der Waals surface area contributed by atoms with Crippen molar-refractivity contribution in [1.29, 1.82) is 0 Å². The van der Waals surface area contributed by atoms with Crippen molar-refractivity contribution in [3.8, 4) is 17.1 Å². The molecule has 3 rings (SSSR count). The average molecular weight is 473 g/mol. The van der Waals surface area contributed by atoms with Crippen LogP contribution in [-0.2, 0) is 16.1 Å². The van der Waals surface area contributed by atoms with Gasteiger partial charge in [0.25, 0.3) is 5.56 Å². The Morgan fingerprint density at radius 2 is 2.06 bits per heavy atom. The van der Waals surface area contributed by atoms with Crippen molar-refractivity contribution in [1.82, 2.24) is 14.5 Å². The van der Waals surface area contributed by atoms with Crippen molar-refractivity contribution >= 4 is 40.1 Å². The number of ether oxygens (including phenoxy) is 1. The molecule has 32 heavy (non-hydrogen) atoms. The third kappa shape index (κ3) is 5.62. The largest absolute Gasteiger partial charge is 0.493 e. The van der Waals surface area contributed by atoms with Gasteiger partial charge in [-0.1, -0.05) is 59.5 Å². The summed E-state index contributed by atoms with van der Waals surface area (Å²) in [7, 11) is 0.